The molecule has 2 heterocycles. The van der Waals surface area contributed by atoms with Crippen molar-refractivity contribution in [2.45, 2.75) is 12.5 Å². The second kappa shape index (κ2) is 5.44. The van der Waals surface area contributed by atoms with Gasteiger partial charge in [0.05, 0.1) is 12.7 Å². The van der Waals surface area contributed by atoms with E-state index < -0.39 is 0 Å². The summed E-state index contributed by atoms with van der Waals surface area (Å²) < 4.78 is 5.07. The number of nitrogens with zero attached hydrogens (tertiary/aromatic N) is 3. The number of cyclic esters (lactones) is 1. The lowest BCUT2D eigenvalue weighted by molar-refractivity contribution is 0.0938. The molecule has 1 aliphatic heterocycles. The van der Waals surface area contributed by atoms with Crippen molar-refractivity contribution in [2.75, 3.05) is 20.1 Å². The molecule has 0 aliphatic carbocycles. The van der Waals surface area contributed by atoms with Gasteiger partial charge in [-0.2, -0.15) is 0 Å². The van der Waals surface area contributed by atoms with Crippen molar-refractivity contribution in [3.63, 3.8) is 0 Å². The summed E-state index contributed by atoms with van der Waals surface area (Å²) in [6.45, 7) is 0.987. The highest BCUT2D eigenvalue weighted by atomic mass is 16.6. The Kier molecular flexibility index (Phi) is 3.71. The standard InChI is InChI=1S/C11H14N4O3/c1-15-7-8(18-11(15)17)2-3-14-10(16)9-6-12-4-5-13-9/h4-6,8H,2-3,7H2,1H3,(H,14,16). The van der Waals surface area contributed by atoms with Gasteiger partial charge < -0.3 is 15.0 Å². The molecule has 0 saturated carbocycles. The quantitative estimate of drug-likeness (QED) is 0.816. The van der Waals surface area contributed by atoms with Gasteiger partial charge in [-0.15, -0.1) is 0 Å². The molecular weight excluding hydrogens is 236 g/mol. The predicted molar refractivity (Wildman–Crippen MR) is 61.9 cm³/mol. The fourth-order valence-corrected chi connectivity index (χ4v) is 1.65. The highest BCUT2D eigenvalue weighted by molar-refractivity contribution is 5.91. The largest absolute Gasteiger partial charge is 0.444 e. The van der Waals surface area contributed by atoms with Gasteiger partial charge in [0, 0.05) is 32.4 Å². The molecule has 7 nitrogen and oxygen atoms in total. The lowest BCUT2D eigenvalue weighted by Crippen LogP contribution is -2.29. The zero-order chi connectivity index (χ0) is 13.0. The Balaban J connectivity index is 1.73. The smallest absolute Gasteiger partial charge is 0.409 e. The lowest BCUT2D eigenvalue weighted by atomic mass is 10.2. The molecule has 0 spiro atoms. The van der Waals surface area contributed by atoms with Crippen LogP contribution in [0.4, 0.5) is 4.79 Å². The summed E-state index contributed by atoms with van der Waals surface area (Å²) in [7, 11) is 1.68. The van der Waals surface area contributed by atoms with Crippen molar-refractivity contribution in [1.29, 1.82) is 0 Å². The van der Waals surface area contributed by atoms with Gasteiger partial charge in [-0.3, -0.25) is 9.78 Å². The van der Waals surface area contributed by atoms with E-state index in [0.29, 0.717) is 19.5 Å². The molecule has 96 valence electrons. The zero-order valence-corrected chi connectivity index (χ0v) is 10.00. The van der Waals surface area contributed by atoms with Crippen molar-refractivity contribution in [3.8, 4) is 0 Å². The number of nitrogens with one attached hydrogen (secondary N) is 1. The summed E-state index contributed by atoms with van der Waals surface area (Å²) in [5.74, 6) is -0.277. The maximum atomic E-state index is 11.6. The van der Waals surface area contributed by atoms with E-state index in [-0.39, 0.29) is 23.8 Å². The Bertz CT molecular complexity index is 437. The van der Waals surface area contributed by atoms with Gasteiger partial charge in [0.25, 0.3) is 5.91 Å². The van der Waals surface area contributed by atoms with Gasteiger partial charge in [0.15, 0.2) is 0 Å². The molecule has 0 bridgehead atoms. The molecule has 1 unspecified atom stereocenters. The molecule has 1 N–H and O–H groups in total. The number of aromatic nitrogens is 2. The molecule has 0 aromatic carbocycles. The van der Waals surface area contributed by atoms with Crippen LogP contribution in [0.5, 0.6) is 0 Å². The third kappa shape index (κ3) is 2.93. The monoisotopic (exact) mass is 250 g/mol. The maximum absolute atomic E-state index is 11.6. The van der Waals surface area contributed by atoms with Crippen LogP contribution in [0.1, 0.15) is 16.9 Å². The molecule has 1 aromatic heterocycles. The van der Waals surface area contributed by atoms with E-state index in [1.807, 2.05) is 0 Å². The van der Waals surface area contributed by atoms with Gasteiger partial charge in [-0.25, -0.2) is 9.78 Å². The van der Waals surface area contributed by atoms with E-state index in [2.05, 4.69) is 15.3 Å². The number of likely N-dealkylation sites (N-methyl/N-ethyl adjacent to an activating group) is 1. The van der Waals surface area contributed by atoms with E-state index >= 15 is 0 Å². The molecule has 18 heavy (non-hydrogen) atoms. The molecule has 7 heteroatoms. The van der Waals surface area contributed by atoms with Gasteiger partial charge in [0.1, 0.15) is 11.8 Å². The summed E-state index contributed by atoms with van der Waals surface area (Å²) in [4.78, 5) is 31.9. The number of ether oxygens (including phenoxy) is 1. The maximum Gasteiger partial charge on any atom is 0.409 e. The minimum atomic E-state index is -0.319. The molecule has 0 radical (unpaired) electrons. The van der Waals surface area contributed by atoms with Crippen LogP contribution in [0, 0.1) is 0 Å². The molecule has 2 amide bonds. The topological polar surface area (TPSA) is 84.4 Å². The molecule has 2 rings (SSSR count). The van der Waals surface area contributed by atoms with Gasteiger partial charge >= 0.3 is 6.09 Å². The summed E-state index contributed by atoms with van der Waals surface area (Å²) in [6.07, 6.45) is 4.47. The second-order valence-electron chi connectivity index (χ2n) is 4.02. The van der Waals surface area contributed by atoms with E-state index in [4.69, 9.17) is 4.74 Å². The summed E-state index contributed by atoms with van der Waals surface area (Å²) in [6, 6.07) is 0. The van der Waals surface area contributed by atoms with Crippen molar-refractivity contribution in [2.24, 2.45) is 0 Å². The average molecular weight is 250 g/mol. The van der Waals surface area contributed by atoms with Crippen LogP contribution in [0.2, 0.25) is 0 Å². The number of carbonyl (C=O) groups is 2. The van der Waals surface area contributed by atoms with Crippen molar-refractivity contribution in [3.05, 3.63) is 24.3 Å². The second-order valence-corrected chi connectivity index (χ2v) is 4.02. The summed E-state index contributed by atoms with van der Waals surface area (Å²) in [5, 5.41) is 2.70. The fourth-order valence-electron chi connectivity index (χ4n) is 1.65. The van der Waals surface area contributed by atoms with E-state index in [1.54, 1.807) is 7.05 Å². The Morgan fingerprint density at radius 1 is 1.61 bits per heavy atom. The first-order valence-electron chi connectivity index (χ1n) is 5.63. The third-order valence-corrected chi connectivity index (χ3v) is 2.60. The molecular formula is C11H14N4O3. The van der Waals surface area contributed by atoms with Crippen molar-refractivity contribution in [1.82, 2.24) is 20.2 Å². The molecule has 1 fully saturated rings. The van der Waals surface area contributed by atoms with Crippen LogP contribution in [-0.4, -0.2) is 53.1 Å². The zero-order valence-electron chi connectivity index (χ0n) is 10.00. The lowest BCUT2D eigenvalue weighted by Gasteiger charge is -2.08. The predicted octanol–water partition coefficient (Wildman–Crippen LogP) is 0.0471. The van der Waals surface area contributed by atoms with Gasteiger partial charge in [-0.05, 0) is 0 Å². The first kappa shape index (κ1) is 12.3. The van der Waals surface area contributed by atoms with Crippen LogP contribution < -0.4 is 5.32 Å². The minimum Gasteiger partial charge on any atom is -0.444 e. The molecule has 1 aliphatic rings. The Hall–Kier alpha value is -2.18. The highest BCUT2D eigenvalue weighted by Crippen LogP contribution is 2.11. The fraction of sp³-hybridized carbons (Fsp3) is 0.455. The highest BCUT2D eigenvalue weighted by Gasteiger charge is 2.27. The third-order valence-electron chi connectivity index (χ3n) is 2.60. The minimum absolute atomic E-state index is 0.162. The molecule has 1 saturated heterocycles. The summed E-state index contributed by atoms with van der Waals surface area (Å²) in [5.41, 5.74) is 0.276. The Morgan fingerprint density at radius 2 is 2.44 bits per heavy atom. The normalized spacial score (nSPS) is 18.6. The van der Waals surface area contributed by atoms with E-state index in [9.17, 15) is 9.59 Å². The van der Waals surface area contributed by atoms with Crippen molar-refractivity contribution >= 4 is 12.0 Å². The molecule has 1 aromatic rings. The number of amides is 2. The van der Waals surface area contributed by atoms with Gasteiger partial charge in [-0.1, -0.05) is 0 Å². The number of hydrogen-bond donors (Lipinski definition) is 1. The van der Waals surface area contributed by atoms with Crippen LogP contribution in [0.3, 0.4) is 0 Å². The summed E-state index contributed by atoms with van der Waals surface area (Å²) >= 11 is 0. The molecule has 1 atom stereocenters. The van der Waals surface area contributed by atoms with Crippen LogP contribution >= 0.6 is 0 Å². The number of hydrogen-bond acceptors (Lipinski definition) is 5. The first-order valence-corrected chi connectivity index (χ1v) is 5.63. The first-order chi connectivity index (χ1) is 8.66. The van der Waals surface area contributed by atoms with Crippen molar-refractivity contribution < 1.29 is 14.3 Å². The van der Waals surface area contributed by atoms with E-state index in [1.165, 1.54) is 23.5 Å². The number of carbonyl (C=O) groups excluding carboxylic acids is 2. The van der Waals surface area contributed by atoms with Gasteiger partial charge in [0.2, 0.25) is 0 Å². The van der Waals surface area contributed by atoms with E-state index in [0.717, 1.165) is 0 Å². The van der Waals surface area contributed by atoms with Crippen LogP contribution in [-0.2, 0) is 4.74 Å². The number of rotatable bonds is 4. The average Bonchev–Trinajstić information content (AvgIpc) is 2.69. The van der Waals surface area contributed by atoms with Crippen LogP contribution in [0.25, 0.3) is 0 Å². The SMILES string of the molecule is CN1CC(CCNC(=O)c2cnccn2)OC1=O. The Morgan fingerprint density at radius 3 is 3.06 bits per heavy atom. The Labute approximate surface area is 104 Å². The van der Waals surface area contributed by atoms with Crippen LogP contribution in [0.15, 0.2) is 18.6 Å².